The Hall–Kier alpha value is -1.83. The maximum Gasteiger partial charge on any atom is 0.250 e. The van der Waals surface area contributed by atoms with E-state index in [2.05, 4.69) is 32.9 Å². The van der Waals surface area contributed by atoms with E-state index < -0.39 is 5.91 Å². The van der Waals surface area contributed by atoms with E-state index in [1.807, 2.05) is 24.3 Å². The monoisotopic (exact) mass is 354 g/mol. The van der Waals surface area contributed by atoms with Crippen molar-refractivity contribution in [2.45, 2.75) is 0 Å². The number of nitrogens with two attached hydrogens (primary N) is 2. The quantitative estimate of drug-likeness (QED) is 0.736. The molecule has 18 heavy (non-hydrogen) atoms. The third kappa shape index (κ3) is 2.89. The topological polar surface area (TPSA) is 94.0 Å². The molecule has 1 aromatic heterocycles. The second kappa shape index (κ2) is 5.21. The van der Waals surface area contributed by atoms with Gasteiger partial charge in [0.15, 0.2) is 0 Å². The van der Waals surface area contributed by atoms with Crippen molar-refractivity contribution in [3.63, 3.8) is 0 Å². The standard InChI is InChI=1S/C12H11IN4O/c13-7-1-3-8(4-2-7)17-11-5-9(12(15)18)10(14)6-16-11/h1-6H,14H2,(H2,15,18)(H,16,17). The van der Waals surface area contributed by atoms with E-state index in [9.17, 15) is 4.79 Å². The molecular formula is C12H11IN4O. The molecule has 2 rings (SSSR count). The number of rotatable bonds is 3. The van der Waals surface area contributed by atoms with Crippen molar-refractivity contribution in [3.05, 3.63) is 45.7 Å². The second-order valence-corrected chi connectivity index (χ2v) is 4.90. The van der Waals surface area contributed by atoms with Crippen LogP contribution >= 0.6 is 22.6 Å². The number of nitrogens with zero attached hydrogens (tertiary/aromatic N) is 1. The molecule has 0 atom stereocenters. The van der Waals surface area contributed by atoms with Crippen molar-refractivity contribution in [1.29, 1.82) is 0 Å². The van der Waals surface area contributed by atoms with Gasteiger partial charge in [-0.25, -0.2) is 4.98 Å². The predicted molar refractivity (Wildman–Crippen MR) is 79.6 cm³/mol. The summed E-state index contributed by atoms with van der Waals surface area (Å²) in [5, 5.41) is 3.08. The first-order chi connectivity index (χ1) is 8.56. The zero-order chi connectivity index (χ0) is 13.1. The van der Waals surface area contributed by atoms with Gasteiger partial charge in [0.25, 0.3) is 5.91 Å². The molecule has 2 aromatic rings. The molecule has 1 amide bonds. The number of pyridine rings is 1. The van der Waals surface area contributed by atoms with Gasteiger partial charge >= 0.3 is 0 Å². The lowest BCUT2D eigenvalue weighted by molar-refractivity contribution is 0.100. The van der Waals surface area contributed by atoms with E-state index >= 15 is 0 Å². The molecule has 0 bridgehead atoms. The highest BCUT2D eigenvalue weighted by molar-refractivity contribution is 14.1. The summed E-state index contributed by atoms with van der Waals surface area (Å²) in [5.74, 6) is -0.0419. The molecule has 5 nitrogen and oxygen atoms in total. The Labute approximate surface area is 118 Å². The first-order valence-corrected chi connectivity index (χ1v) is 6.22. The summed E-state index contributed by atoms with van der Waals surface area (Å²) < 4.78 is 1.14. The highest BCUT2D eigenvalue weighted by Crippen LogP contribution is 2.19. The van der Waals surface area contributed by atoms with E-state index in [0.29, 0.717) is 5.82 Å². The number of hydrogen-bond acceptors (Lipinski definition) is 4. The van der Waals surface area contributed by atoms with Gasteiger partial charge < -0.3 is 16.8 Å². The van der Waals surface area contributed by atoms with Crippen LogP contribution in [-0.2, 0) is 0 Å². The van der Waals surface area contributed by atoms with Crippen molar-refractivity contribution in [2.75, 3.05) is 11.1 Å². The van der Waals surface area contributed by atoms with Crippen molar-refractivity contribution >= 4 is 45.7 Å². The van der Waals surface area contributed by atoms with Crippen molar-refractivity contribution in [2.24, 2.45) is 5.73 Å². The Morgan fingerprint density at radius 2 is 1.94 bits per heavy atom. The van der Waals surface area contributed by atoms with Crippen molar-refractivity contribution < 1.29 is 4.79 Å². The number of aromatic nitrogens is 1. The van der Waals surface area contributed by atoms with Crippen LogP contribution in [0, 0.1) is 3.57 Å². The molecule has 0 spiro atoms. The number of halogens is 1. The maximum atomic E-state index is 11.2. The number of benzene rings is 1. The van der Waals surface area contributed by atoms with Crippen LogP contribution < -0.4 is 16.8 Å². The molecule has 0 saturated carbocycles. The Balaban J connectivity index is 2.27. The molecule has 0 aliphatic heterocycles. The first kappa shape index (κ1) is 12.6. The van der Waals surface area contributed by atoms with Gasteiger partial charge in [0.05, 0.1) is 17.4 Å². The molecule has 6 heteroatoms. The average molecular weight is 354 g/mol. The van der Waals surface area contributed by atoms with Gasteiger partial charge in [0, 0.05) is 9.26 Å². The fourth-order valence-corrected chi connectivity index (χ4v) is 1.79. The highest BCUT2D eigenvalue weighted by atomic mass is 127. The summed E-state index contributed by atoms with van der Waals surface area (Å²) in [6, 6.07) is 9.31. The zero-order valence-electron chi connectivity index (χ0n) is 9.35. The summed E-state index contributed by atoms with van der Waals surface area (Å²) in [6.07, 6.45) is 1.41. The number of hydrogen-bond donors (Lipinski definition) is 3. The smallest absolute Gasteiger partial charge is 0.250 e. The molecular weight excluding hydrogens is 343 g/mol. The Bertz CT molecular complexity index is 583. The van der Waals surface area contributed by atoms with E-state index in [4.69, 9.17) is 11.5 Å². The minimum atomic E-state index is -0.569. The molecule has 1 heterocycles. The van der Waals surface area contributed by atoms with Gasteiger partial charge in [-0.1, -0.05) is 0 Å². The fourth-order valence-electron chi connectivity index (χ4n) is 1.43. The summed E-state index contributed by atoms with van der Waals surface area (Å²) in [4.78, 5) is 15.3. The number of primary amides is 1. The SMILES string of the molecule is NC(=O)c1cc(Nc2ccc(I)cc2)ncc1N. The van der Waals surface area contributed by atoms with Crippen molar-refractivity contribution in [1.82, 2.24) is 4.98 Å². The van der Waals surface area contributed by atoms with E-state index in [0.717, 1.165) is 9.26 Å². The van der Waals surface area contributed by atoms with Gasteiger partial charge in [-0.15, -0.1) is 0 Å². The molecule has 1 aromatic carbocycles. The third-order valence-electron chi connectivity index (χ3n) is 2.32. The maximum absolute atomic E-state index is 11.2. The lowest BCUT2D eigenvalue weighted by Gasteiger charge is -2.08. The summed E-state index contributed by atoms with van der Waals surface area (Å²) in [6.45, 7) is 0. The molecule has 5 N–H and O–H groups in total. The van der Waals surface area contributed by atoms with Crippen LogP contribution in [-0.4, -0.2) is 10.9 Å². The van der Waals surface area contributed by atoms with Gasteiger partial charge in [0.1, 0.15) is 5.82 Å². The van der Waals surface area contributed by atoms with Gasteiger partial charge in [-0.05, 0) is 52.9 Å². The second-order valence-electron chi connectivity index (χ2n) is 3.65. The average Bonchev–Trinajstić information content (AvgIpc) is 2.34. The highest BCUT2D eigenvalue weighted by Gasteiger charge is 2.07. The molecule has 0 saturated heterocycles. The molecule has 0 aliphatic carbocycles. The molecule has 92 valence electrons. The molecule has 0 fully saturated rings. The minimum absolute atomic E-state index is 0.262. The predicted octanol–water partition coefficient (Wildman–Crippen LogP) is 2.11. The fraction of sp³-hybridized carbons (Fsp3) is 0. The lowest BCUT2D eigenvalue weighted by atomic mass is 10.2. The van der Waals surface area contributed by atoms with Gasteiger partial charge in [0.2, 0.25) is 0 Å². The number of nitrogens with one attached hydrogen (secondary N) is 1. The molecule has 0 unspecified atom stereocenters. The van der Waals surface area contributed by atoms with Crippen LogP contribution in [0.1, 0.15) is 10.4 Å². The molecule has 0 aliphatic rings. The minimum Gasteiger partial charge on any atom is -0.397 e. The normalized spacial score (nSPS) is 10.1. The van der Waals surface area contributed by atoms with Crippen LogP contribution in [0.5, 0.6) is 0 Å². The van der Waals surface area contributed by atoms with Crippen LogP contribution in [0.25, 0.3) is 0 Å². The largest absolute Gasteiger partial charge is 0.397 e. The number of amides is 1. The number of anilines is 3. The van der Waals surface area contributed by atoms with Crippen LogP contribution in [0.3, 0.4) is 0 Å². The summed E-state index contributed by atoms with van der Waals surface area (Å²) >= 11 is 2.22. The molecule has 0 radical (unpaired) electrons. The summed E-state index contributed by atoms with van der Waals surface area (Å²) in [7, 11) is 0. The van der Waals surface area contributed by atoms with Gasteiger partial charge in [-0.2, -0.15) is 0 Å². The van der Waals surface area contributed by atoms with Gasteiger partial charge in [-0.3, -0.25) is 4.79 Å². The van der Waals surface area contributed by atoms with E-state index in [1.165, 1.54) is 12.3 Å². The Morgan fingerprint density at radius 3 is 2.56 bits per heavy atom. The Morgan fingerprint density at radius 1 is 1.28 bits per heavy atom. The van der Waals surface area contributed by atoms with Crippen LogP contribution in [0.15, 0.2) is 36.5 Å². The number of carbonyl (C=O) groups excluding carboxylic acids is 1. The lowest BCUT2D eigenvalue weighted by Crippen LogP contribution is -2.14. The number of nitrogen functional groups attached to an aromatic ring is 1. The third-order valence-corrected chi connectivity index (χ3v) is 3.04. The first-order valence-electron chi connectivity index (χ1n) is 5.14. The number of carbonyl (C=O) groups is 1. The zero-order valence-corrected chi connectivity index (χ0v) is 11.5. The Kier molecular flexibility index (Phi) is 3.66. The van der Waals surface area contributed by atoms with Crippen LogP contribution in [0.4, 0.5) is 17.2 Å². The summed E-state index contributed by atoms with van der Waals surface area (Å²) in [5.41, 5.74) is 12.2. The van der Waals surface area contributed by atoms with Crippen molar-refractivity contribution in [3.8, 4) is 0 Å². The van der Waals surface area contributed by atoms with E-state index in [-0.39, 0.29) is 11.3 Å². The van der Waals surface area contributed by atoms with Crippen LogP contribution in [0.2, 0.25) is 0 Å². The van der Waals surface area contributed by atoms with E-state index in [1.54, 1.807) is 0 Å².